The van der Waals surface area contributed by atoms with Crippen molar-refractivity contribution in [2.45, 2.75) is 19.4 Å². The second kappa shape index (κ2) is 9.04. The average Bonchev–Trinajstić information content (AvgIpc) is 2.73. The third-order valence-corrected chi connectivity index (χ3v) is 4.53. The van der Waals surface area contributed by atoms with Gasteiger partial charge in [0.15, 0.2) is 6.10 Å². The van der Waals surface area contributed by atoms with Crippen LogP contribution in [0, 0.1) is 0 Å². The first-order valence-corrected chi connectivity index (χ1v) is 9.18. The van der Waals surface area contributed by atoms with Crippen LogP contribution in [-0.4, -0.2) is 31.6 Å². The largest absolute Gasteiger partial charge is 0.496 e. The fourth-order valence-electron chi connectivity index (χ4n) is 3.02. The van der Waals surface area contributed by atoms with Gasteiger partial charge in [-0.2, -0.15) is 0 Å². The Kier molecular flexibility index (Phi) is 6.27. The zero-order valence-corrected chi connectivity index (χ0v) is 16.0. The molecule has 1 atom stereocenters. The number of amides is 1. The first-order chi connectivity index (χ1) is 13.6. The Bertz CT molecular complexity index is 969. The quantitative estimate of drug-likeness (QED) is 0.637. The maximum atomic E-state index is 12.6. The summed E-state index contributed by atoms with van der Waals surface area (Å²) in [7, 11) is 1.58. The molecule has 0 aliphatic rings. The number of hydrogen-bond acceptors (Lipinski definition) is 4. The Morgan fingerprint density at radius 2 is 1.61 bits per heavy atom. The molecule has 0 aromatic heterocycles. The van der Waals surface area contributed by atoms with Gasteiger partial charge in [0.1, 0.15) is 5.75 Å². The minimum Gasteiger partial charge on any atom is -0.496 e. The van der Waals surface area contributed by atoms with Crippen LogP contribution in [0.4, 0.5) is 0 Å². The van der Waals surface area contributed by atoms with E-state index in [1.54, 1.807) is 26.2 Å². The molecule has 3 aromatic rings. The van der Waals surface area contributed by atoms with E-state index in [-0.39, 0.29) is 5.91 Å². The van der Waals surface area contributed by atoms with Crippen LogP contribution in [0.1, 0.15) is 22.8 Å². The van der Waals surface area contributed by atoms with Gasteiger partial charge in [-0.15, -0.1) is 0 Å². The first-order valence-electron chi connectivity index (χ1n) is 9.18. The maximum Gasteiger partial charge on any atom is 0.339 e. The summed E-state index contributed by atoms with van der Waals surface area (Å²) in [4.78, 5) is 24.9. The van der Waals surface area contributed by atoms with E-state index in [1.165, 1.54) is 0 Å². The number of esters is 1. The van der Waals surface area contributed by atoms with Gasteiger partial charge in [0, 0.05) is 11.9 Å². The highest BCUT2D eigenvalue weighted by molar-refractivity contribution is 6.06. The summed E-state index contributed by atoms with van der Waals surface area (Å²) in [6.45, 7) is 2.05. The van der Waals surface area contributed by atoms with Crippen molar-refractivity contribution < 1.29 is 19.1 Å². The van der Waals surface area contributed by atoms with Crippen LogP contribution in [0.2, 0.25) is 0 Å². The van der Waals surface area contributed by atoms with Crippen molar-refractivity contribution in [3.05, 3.63) is 77.9 Å². The number of methoxy groups -OCH3 is 1. The summed E-state index contributed by atoms with van der Waals surface area (Å²) >= 11 is 0. The molecule has 0 spiro atoms. The number of nitrogens with one attached hydrogen (secondary N) is 1. The van der Waals surface area contributed by atoms with E-state index in [4.69, 9.17) is 9.47 Å². The second-order valence-electron chi connectivity index (χ2n) is 6.44. The van der Waals surface area contributed by atoms with E-state index in [1.807, 2.05) is 54.6 Å². The Labute approximate surface area is 164 Å². The van der Waals surface area contributed by atoms with Gasteiger partial charge in [0.2, 0.25) is 0 Å². The third kappa shape index (κ3) is 4.49. The summed E-state index contributed by atoms with van der Waals surface area (Å²) in [6.07, 6.45) is -0.166. The number of carbonyl (C=O) groups is 2. The molecule has 0 bridgehead atoms. The lowest BCUT2D eigenvalue weighted by atomic mass is 10.0. The SMILES string of the molecule is COc1ccc(C(=O)O[C@H](C)C(=O)NCCc2ccccc2)c2ccccc12. The van der Waals surface area contributed by atoms with Gasteiger partial charge >= 0.3 is 5.97 Å². The lowest BCUT2D eigenvalue weighted by molar-refractivity contribution is -0.129. The van der Waals surface area contributed by atoms with Crippen molar-refractivity contribution >= 4 is 22.6 Å². The molecule has 0 aliphatic carbocycles. The average molecular weight is 377 g/mol. The van der Waals surface area contributed by atoms with Crippen LogP contribution in [0.3, 0.4) is 0 Å². The first kappa shape index (κ1) is 19.4. The molecule has 3 rings (SSSR count). The lowest BCUT2D eigenvalue weighted by Gasteiger charge is -2.15. The monoisotopic (exact) mass is 377 g/mol. The van der Waals surface area contributed by atoms with Crippen LogP contribution in [0.25, 0.3) is 10.8 Å². The Balaban J connectivity index is 1.62. The smallest absolute Gasteiger partial charge is 0.339 e. The molecule has 28 heavy (non-hydrogen) atoms. The fourth-order valence-corrected chi connectivity index (χ4v) is 3.02. The summed E-state index contributed by atoms with van der Waals surface area (Å²) in [5, 5.41) is 4.35. The van der Waals surface area contributed by atoms with Gasteiger partial charge in [-0.3, -0.25) is 4.79 Å². The van der Waals surface area contributed by atoms with Gasteiger partial charge in [-0.1, -0.05) is 54.6 Å². The zero-order valence-electron chi connectivity index (χ0n) is 16.0. The highest BCUT2D eigenvalue weighted by Crippen LogP contribution is 2.28. The Morgan fingerprint density at radius 1 is 0.929 bits per heavy atom. The molecule has 0 unspecified atom stereocenters. The summed E-state index contributed by atoms with van der Waals surface area (Å²) in [5.41, 5.74) is 1.54. The van der Waals surface area contributed by atoms with Crippen LogP contribution < -0.4 is 10.1 Å². The van der Waals surface area contributed by atoms with Crippen LogP contribution in [0.5, 0.6) is 5.75 Å². The van der Waals surface area contributed by atoms with E-state index in [0.29, 0.717) is 17.9 Å². The van der Waals surface area contributed by atoms with Crippen molar-refractivity contribution in [1.29, 1.82) is 0 Å². The number of fused-ring (bicyclic) bond motifs is 1. The normalized spacial score (nSPS) is 11.6. The van der Waals surface area contributed by atoms with Crippen LogP contribution in [0.15, 0.2) is 66.7 Å². The van der Waals surface area contributed by atoms with Gasteiger partial charge in [0.25, 0.3) is 5.91 Å². The Hall–Kier alpha value is -3.34. The Morgan fingerprint density at radius 3 is 2.32 bits per heavy atom. The van der Waals surface area contributed by atoms with Crippen molar-refractivity contribution in [1.82, 2.24) is 5.32 Å². The third-order valence-electron chi connectivity index (χ3n) is 4.53. The van der Waals surface area contributed by atoms with Crippen molar-refractivity contribution in [2.24, 2.45) is 0 Å². The molecule has 0 radical (unpaired) electrons. The van der Waals surface area contributed by atoms with Gasteiger partial charge in [-0.25, -0.2) is 4.79 Å². The predicted molar refractivity (Wildman–Crippen MR) is 109 cm³/mol. The molecule has 0 heterocycles. The molecular weight excluding hydrogens is 354 g/mol. The molecule has 3 aromatic carbocycles. The number of rotatable bonds is 7. The van der Waals surface area contributed by atoms with E-state index >= 15 is 0 Å². The highest BCUT2D eigenvalue weighted by atomic mass is 16.5. The predicted octanol–water partition coefficient (Wildman–Crippen LogP) is 3.75. The maximum absolute atomic E-state index is 12.6. The van der Waals surface area contributed by atoms with Gasteiger partial charge in [0.05, 0.1) is 12.7 Å². The topological polar surface area (TPSA) is 64.6 Å². The van der Waals surface area contributed by atoms with Crippen molar-refractivity contribution in [2.75, 3.05) is 13.7 Å². The van der Waals surface area contributed by atoms with Crippen molar-refractivity contribution in [3.8, 4) is 5.75 Å². The molecule has 0 aliphatic heterocycles. The van der Waals surface area contributed by atoms with E-state index in [0.717, 1.165) is 22.8 Å². The zero-order chi connectivity index (χ0) is 19.9. The van der Waals surface area contributed by atoms with E-state index in [2.05, 4.69) is 5.32 Å². The fraction of sp³-hybridized carbons (Fsp3) is 0.217. The molecule has 1 N–H and O–H groups in total. The van der Waals surface area contributed by atoms with Gasteiger partial charge in [-0.05, 0) is 36.4 Å². The molecular formula is C23H23NO4. The molecule has 5 nitrogen and oxygen atoms in total. The van der Waals surface area contributed by atoms with E-state index < -0.39 is 12.1 Å². The summed E-state index contributed by atoms with van der Waals surface area (Å²) < 4.78 is 10.7. The number of benzene rings is 3. The summed E-state index contributed by atoms with van der Waals surface area (Å²) in [5.74, 6) is -0.175. The molecule has 0 fully saturated rings. The standard InChI is InChI=1S/C23H23NO4/c1-16(22(25)24-15-14-17-8-4-3-5-9-17)28-23(26)20-12-13-21(27-2)19-11-7-6-10-18(19)20/h3-13,16H,14-15H2,1-2H3,(H,24,25)/t16-/m1/s1. The lowest BCUT2D eigenvalue weighted by Crippen LogP contribution is -2.36. The molecule has 1 amide bonds. The minimum atomic E-state index is -0.885. The highest BCUT2D eigenvalue weighted by Gasteiger charge is 2.20. The number of ether oxygens (including phenoxy) is 2. The number of hydrogen-bond donors (Lipinski definition) is 1. The molecule has 0 saturated carbocycles. The summed E-state index contributed by atoms with van der Waals surface area (Å²) in [6, 6.07) is 20.7. The van der Waals surface area contributed by atoms with Crippen LogP contribution >= 0.6 is 0 Å². The van der Waals surface area contributed by atoms with Crippen molar-refractivity contribution in [3.63, 3.8) is 0 Å². The minimum absolute atomic E-state index is 0.318. The van der Waals surface area contributed by atoms with E-state index in [9.17, 15) is 9.59 Å². The van der Waals surface area contributed by atoms with Gasteiger partial charge < -0.3 is 14.8 Å². The molecule has 5 heteroatoms. The number of carbonyl (C=O) groups excluding carboxylic acids is 2. The molecule has 144 valence electrons. The second-order valence-corrected chi connectivity index (χ2v) is 6.44. The van der Waals surface area contributed by atoms with Crippen LogP contribution in [-0.2, 0) is 16.0 Å². The molecule has 0 saturated heterocycles.